The summed E-state index contributed by atoms with van der Waals surface area (Å²) in [6.07, 6.45) is 0. The van der Waals surface area contributed by atoms with E-state index in [-0.39, 0.29) is 10.8 Å². The van der Waals surface area contributed by atoms with Gasteiger partial charge in [-0.3, -0.25) is 0 Å². The van der Waals surface area contributed by atoms with Crippen LogP contribution in [0.1, 0.15) is 48.6 Å². The molecular formula is C41H31NO. The zero-order valence-electron chi connectivity index (χ0n) is 24.5. The zero-order valence-corrected chi connectivity index (χ0v) is 24.5. The summed E-state index contributed by atoms with van der Waals surface area (Å²) >= 11 is 0. The van der Waals surface area contributed by atoms with Crippen LogP contribution >= 0.6 is 0 Å². The van der Waals surface area contributed by atoms with Crippen molar-refractivity contribution in [2.45, 2.75) is 31.6 Å². The van der Waals surface area contributed by atoms with Crippen molar-refractivity contribution in [1.29, 1.82) is 0 Å². The van der Waals surface area contributed by atoms with Crippen molar-refractivity contribution in [2.24, 2.45) is 0 Å². The zero-order chi connectivity index (χ0) is 28.9. The summed E-state index contributed by atoms with van der Waals surface area (Å²) in [5.41, 5.74) is 15.5. The lowest BCUT2D eigenvalue weighted by atomic mass is 9.74. The molecule has 0 spiro atoms. The summed E-state index contributed by atoms with van der Waals surface area (Å²) in [7, 11) is 0. The smallest absolute Gasteiger partial charge is 0.139 e. The van der Waals surface area contributed by atoms with Crippen LogP contribution in [-0.2, 0) is 10.8 Å². The van der Waals surface area contributed by atoms with Crippen LogP contribution < -0.4 is 5.32 Å². The van der Waals surface area contributed by atoms with Crippen LogP contribution in [0.25, 0.3) is 44.2 Å². The summed E-state index contributed by atoms with van der Waals surface area (Å²) in [4.78, 5) is 0. The molecule has 2 aliphatic carbocycles. The minimum absolute atomic E-state index is 0.0315. The predicted molar refractivity (Wildman–Crippen MR) is 178 cm³/mol. The van der Waals surface area contributed by atoms with Gasteiger partial charge in [0.1, 0.15) is 11.2 Å². The number of rotatable bonds is 3. The molecule has 0 amide bonds. The third-order valence-corrected chi connectivity index (χ3v) is 10.1. The normalized spacial score (nSPS) is 15.2. The van der Waals surface area contributed by atoms with Gasteiger partial charge in [0, 0.05) is 44.6 Å². The second-order valence-electron chi connectivity index (χ2n) is 12.8. The molecule has 0 bridgehead atoms. The molecule has 7 aromatic rings. The van der Waals surface area contributed by atoms with Crippen molar-refractivity contribution in [3.05, 3.63) is 155 Å². The van der Waals surface area contributed by atoms with E-state index in [0.717, 1.165) is 33.3 Å². The lowest BCUT2D eigenvalue weighted by Gasteiger charge is -2.28. The van der Waals surface area contributed by atoms with Gasteiger partial charge in [-0.1, -0.05) is 111 Å². The van der Waals surface area contributed by atoms with E-state index in [4.69, 9.17) is 4.42 Å². The topological polar surface area (TPSA) is 25.2 Å². The maximum Gasteiger partial charge on any atom is 0.139 e. The molecule has 2 nitrogen and oxygen atoms in total. The third kappa shape index (κ3) is 3.24. The first kappa shape index (κ1) is 24.5. The molecule has 0 aliphatic heterocycles. The number of fused-ring (bicyclic) bond motifs is 9. The Morgan fingerprint density at radius 3 is 1.74 bits per heavy atom. The molecule has 206 valence electrons. The van der Waals surface area contributed by atoms with Gasteiger partial charge in [0.2, 0.25) is 0 Å². The van der Waals surface area contributed by atoms with E-state index in [9.17, 15) is 0 Å². The van der Waals surface area contributed by atoms with Gasteiger partial charge in [-0.05, 0) is 75.7 Å². The average Bonchev–Trinajstić information content (AvgIpc) is 3.62. The van der Waals surface area contributed by atoms with Crippen molar-refractivity contribution in [3.8, 4) is 22.3 Å². The standard InChI is InChI=1S/C41H31NO/c1-40(2)33-15-7-4-11-27(33)30-21-19-25(23-37(30)40)42-26-20-22-31-32-14-10-18-36(39(32)43-38(31)24-26)41(3)34-16-8-5-12-28(34)29-13-6-9-17-35(29)41/h4-24,42H,1-3H3. The highest BCUT2D eigenvalue weighted by Crippen LogP contribution is 2.54. The largest absolute Gasteiger partial charge is 0.456 e. The third-order valence-electron chi connectivity index (χ3n) is 10.1. The predicted octanol–water partition coefficient (Wildman–Crippen LogP) is 11.0. The van der Waals surface area contributed by atoms with Crippen LogP contribution in [-0.4, -0.2) is 0 Å². The van der Waals surface area contributed by atoms with Gasteiger partial charge in [-0.15, -0.1) is 0 Å². The molecule has 2 heteroatoms. The van der Waals surface area contributed by atoms with Crippen LogP contribution in [0.15, 0.2) is 132 Å². The van der Waals surface area contributed by atoms with Crippen molar-refractivity contribution in [2.75, 3.05) is 5.32 Å². The Hall–Kier alpha value is -5.08. The number of para-hydroxylation sites is 1. The van der Waals surface area contributed by atoms with E-state index in [0.29, 0.717) is 0 Å². The fraction of sp³-hybridized carbons (Fsp3) is 0.122. The first-order valence-electron chi connectivity index (χ1n) is 15.1. The molecule has 0 radical (unpaired) electrons. The van der Waals surface area contributed by atoms with Crippen LogP contribution in [0, 0.1) is 0 Å². The Morgan fingerprint density at radius 2 is 1.02 bits per heavy atom. The first-order chi connectivity index (χ1) is 20.9. The summed E-state index contributed by atoms with van der Waals surface area (Å²) in [6, 6.07) is 46.3. The van der Waals surface area contributed by atoms with Crippen LogP contribution in [0.2, 0.25) is 0 Å². The second-order valence-corrected chi connectivity index (χ2v) is 12.8. The lowest BCUT2D eigenvalue weighted by Crippen LogP contribution is -2.22. The fourth-order valence-electron chi connectivity index (χ4n) is 7.96. The van der Waals surface area contributed by atoms with Gasteiger partial charge in [0.15, 0.2) is 0 Å². The highest BCUT2D eigenvalue weighted by atomic mass is 16.3. The van der Waals surface area contributed by atoms with E-state index in [1.54, 1.807) is 0 Å². The fourth-order valence-corrected chi connectivity index (χ4v) is 7.96. The molecule has 1 heterocycles. The molecule has 1 aromatic heterocycles. The summed E-state index contributed by atoms with van der Waals surface area (Å²) < 4.78 is 6.78. The second kappa shape index (κ2) is 8.49. The van der Waals surface area contributed by atoms with Gasteiger partial charge in [-0.25, -0.2) is 0 Å². The van der Waals surface area contributed by atoms with Crippen molar-refractivity contribution in [3.63, 3.8) is 0 Å². The molecule has 43 heavy (non-hydrogen) atoms. The molecule has 0 fully saturated rings. The summed E-state index contributed by atoms with van der Waals surface area (Å²) in [5, 5.41) is 5.97. The molecule has 0 saturated heterocycles. The van der Waals surface area contributed by atoms with Crippen molar-refractivity contribution < 1.29 is 4.42 Å². The van der Waals surface area contributed by atoms with Gasteiger partial charge in [0.05, 0.1) is 0 Å². The van der Waals surface area contributed by atoms with E-state index in [2.05, 4.69) is 153 Å². The number of hydrogen-bond acceptors (Lipinski definition) is 2. The van der Waals surface area contributed by atoms with Gasteiger partial charge < -0.3 is 9.73 Å². The summed E-state index contributed by atoms with van der Waals surface area (Å²) in [6.45, 7) is 6.99. The summed E-state index contributed by atoms with van der Waals surface area (Å²) in [5.74, 6) is 0. The van der Waals surface area contributed by atoms with Crippen molar-refractivity contribution in [1.82, 2.24) is 0 Å². The molecule has 2 aliphatic rings. The van der Waals surface area contributed by atoms with Gasteiger partial charge >= 0.3 is 0 Å². The Labute approximate surface area is 251 Å². The molecular weight excluding hydrogens is 522 g/mol. The van der Waals surface area contributed by atoms with E-state index < -0.39 is 0 Å². The Balaban J connectivity index is 1.14. The molecule has 6 aromatic carbocycles. The number of anilines is 2. The Kier molecular flexibility index (Phi) is 4.84. The Bertz CT molecular complexity index is 2220. The first-order valence-corrected chi connectivity index (χ1v) is 15.1. The number of nitrogens with one attached hydrogen (secondary N) is 1. The van der Waals surface area contributed by atoms with E-state index in [1.165, 1.54) is 50.1 Å². The van der Waals surface area contributed by atoms with Gasteiger partial charge in [0.25, 0.3) is 0 Å². The van der Waals surface area contributed by atoms with Gasteiger partial charge in [-0.2, -0.15) is 0 Å². The number of furan rings is 1. The molecule has 0 saturated carbocycles. The monoisotopic (exact) mass is 553 g/mol. The quantitative estimate of drug-likeness (QED) is 0.235. The minimum atomic E-state index is -0.309. The average molecular weight is 554 g/mol. The molecule has 0 unspecified atom stereocenters. The minimum Gasteiger partial charge on any atom is -0.456 e. The van der Waals surface area contributed by atoms with Crippen LogP contribution in [0.5, 0.6) is 0 Å². The van der Waals surface area contributed by atoms with E-state index >= 15 is 0 Å². The molecule has 0 atom stereocenters. The molecule has 1 N–H and O–H groups in total. The van der Waals surface area contributed by atoms with E-state index in [1.807, 2.05) is 0 Å². The highest BCUT2D eigenvalue weighted by molar-refractivity contribution is 6.07. The molecule has 9 rings (SSSR count). The number of benzene rings is 6. The SMILES string of the molecule is CC1(C)c2ccccc2-c2ccc(Nc3ccc4c(c3)oc3c(C5(C)c6ccccc6-c6ccccc65)cccc34)cc21. The number of hydrogen-bond donors (Lipinski definition) is 1. The Morgan fingerprint density at radius 1 is 0.465 bits per heavy atom. The maximum atomic E-state index is 6.78. The van der Waals surface area contributed by atoms with Crippen LogP contribution in [0.4, 0.5) is 11.4 Å². The van der Waals surface area contributed by atoms with Crippen molar-refractivity contribution >= 4 is 33.3 Å². The maximum absolute atomic E-state index is 6.78. The lowest BCUT2D eigenvalue weighted by molar-refractivity contribution is 0.638. The highest BCUT2D eigenvalue weighted by Gasteiger charge is 2.42. The van der Waals surface area contributed by atoms with Crippen LogP contribution in [0.3, 0.4) is 0 Å².